The maximum atomic E-state index is 8.62. The molecule has 1 atom stereocenters. The van der Waals surface area contributed by atoms with Crippen LogP contribution in [0.3, 0.4) is 0 Å². The highest BCUT2D eigenvalue weighted by molar-refractivity contribution is 4.52. The van der Waals surface area contributed by atoms with E-state index in [1.807, 2.05) is 0 Å². The van der Waals surface area contributed by atoms with Gasteiger partial charge in [-0.05, 0) is 13.3 Å². The molecule has 0 rings (SSSR count). The fourth-order valence-electron chi connectivity index (χ4n) is 2.08. The summed E-state index contributed by atoms with van der Waals surface area (Å²) in [6, 6.07) is 0. The van der Waals surface area contributed by atoms with Gasteiger partial charge in [-0.2, -0.15) is 0 Å². The molecule has 0 amide bonds. The lowest BCUT2D eigenvalue weighted by atomic mass is 10.1. The van der Waals surface area contributed by atoms with Crippen LogP contribution in [0.1, 0.15) is 78.1 Å². The molecule has 0 radical (unpaired) electrons. The van der Waals surface area contributed by atoms with Crippen LogP contribution in [0.15, 0.2) is 0 Å². The van der Waals surface area contributed by atoms with Crippen molar-refractivity contribution >= 4 is 0 Å². The third kappa shape index (κ3) is 13.9. The molecule has 0 saturated carbocycles. The Kier molecular flexibility index (Phi) is 13.9. The summed E-state index contributed by atoms with van der Waals surface area (Å²) in [6.45, 7) is 4.99. The molecule has 0 spiro atoms. The van der Waals surface area contributed by atoms with E-state index < -0.39 is 0 Å². The van der Waals surface area contributed by atoms with Crippen LogP contribution in [0.4, 0.5) is 0 Å². The Morgan fingerprint density at radius 1 is 0.882 bits per heavy atom. The van der Waals surface area contributed by atoms with E-state index in [1.165, 1.54) is 57.8 Å². The molecule has 2 nitrogen and oxygen atoms in total. The molecule has 0 bridgehead atoms. The first-order valence-electron chi connectivity index (χ1n) is 7.53. The number of unbranched alkanes of at least 4 members (excludes halogenated alkanes) is 8. The molecule has 0 saturated heterocycles. The Morgan fingerprint density at radius 3 is 1.94 bits per heavy atom. The number of rotatable bonds is 13. The van der Waals surface area contributed by atoms with Gasteiger partial charge in [-0.25, -0.2) is 0 Å². The molecule has 0 aliphatic heterocycles. The highest BCUT2D eigenvalue weighted by atomic mass is 16.5. The molecule has 0 fully saturated rings. The maximum Gasteiger partial charge on any atom is 0.0701 e. The van der Waals surface area contributed by atoms with E-state index in [4.69, 9.17) is 9.84 Å². The van der Waals surface area contributed by atoms with Crippen molar-refractivity contribution < 1.29 is 9.84 Å². The molecule has 1 unspecified atom stereocenters. The summed E-state index contributed by atoms with van der Waals surface area (Å²) in [5.74, 6) is 0. The molecule has 0 aliphatic rings. The van der Waals surface area contributed by atoms with Gasteiger partial charge >= 0.3 is 0 Å². The Labute approximate surface area is 108 Å². The first kappa shape index (κ1) is 16.9. The average Bonchev–Trinajstić information content (AvgIpc) is 2.34. The first-order valence-corrected chi connectivity index (χ1v) is 7.53. The Hall–Kier alpha value is -0.0800. The minimum Gasteiger partial charge on any atom is -0.394 e. The van der Waals surface area contributed by atoms with Gasteiger partial charge in [-0.1, -0.05) is 64.7 Å². The van der Waals surface area contributed by atoms with Crippen LogP contribution < -0.4 is 0 Å². The van der Waals surface area contributed by atoms with Crippen LogP contribution in [0.25, 0.3) is 0 Å². The molecule has 17 heavy (non-hydrogen) atoms. The maximum absolute atomic E-state index is 8.62. The van der Waals surface area contributed by atoms with Crippen molar-refractivity contribution in [3.63, 3.8) is 0 Å². The van der Waals surface area contributed by atoms with E-state index >= 15 is 0 Å². The molecule has 0 aromatic carbocycles. The number of hydrogen-bond donors (Lipinski definition) is 1. The van der Waals surface area contributed by atoms with Gasteiger partial charge in [0.15, 0.2) is 0 Å². The van der Waals surface area contributed by atoms with Crippen molar-refractivity contribution in [3.8, 4) is 0 Å². The van der Waals surface area contributed by atoms with E-state index in [9.17, 15) is 0 Å². The fourth-order valence-corrected chi connectivity index (χ4v) is 2.08. The number of aliphatic hydroxyl groups is 1. The van der Waals surface area contributed by atoms with Crippen molar-refractivity contribution in [1.82, 2.24) is 0 Å². The van der Waals surface area contributed by atoms with Crippen LogP contribution in [0, 0.1) is 0 Å². The summed E-state index contributed by atoms with van der Waals surface area (Å²) in [5, 5.41) is 8.62. The van der Waals surface area contributed by atoms with Crippen LogP contribution in [-0.4, -0.2) is 24.4 Å². The topological polar surface area (TPSA) is 29.5 Å². The Balaban J connectivity index is 3.02. The quantitative estimate of drug-likeness (QED) is 0.489. The van der Waals surface area contributed by atoms with Crippen LogP contribution in [-0.2, 0) is 4.74 Å². The van der Waals surface area contributed by atoms with Crippen molar-refractivity contribution in [2.45, 2.75) is 84.2 Å². The van der Waals surface area contributed by atoms with Crippen LogP contribution in [0.5, 0.6) is 0 Å². The lowest BCUT2D eigenvalue weighted by Crippen LogP contribution is -2.11. The van der Waals surface area contributed by atoms with E-state index in [0.717, 1.165) is 6.42 Å². The van der Waals surface area contributed by atoms with Gasteiger partial charge in [-0.15, -0.1) is 0 Å². The third-order valence-electron chi connectivity index (χ3n) is 3.21. The second kappa shape index (κ2) is 14.0. The van der Waals surface area contributed by atoms with E-state index in [1.54, 1.807) is 0 Å². The van der Waals surface area contributed by atoms with Gasteiger partial charge in [0.2, 0.25) is 0 Å². The molecule has 0 aromatic rings. The molecule has 1 N–H and O–H groups in total. The molecule has 0 heterocycles. The van der Waals surface area contributed by atoms with Crippen molar-refractivity contribution in [1.29, 1.82) is 0 Å². The second-order valence-corrected chi connectivity index (χ2v) is 5.02. The predicted octanol–water partition coefficient (Wildman–Crippen LogP) is 4.30. The molecule has 0 aliphatic carbocycles. The zero-order chi connectivity index (χ0) is 12.8. The minimum absolute atomic E-state index is 0.141. The summed E-state index contributed by atoms with van der Waals surface area (Å²) < 4.78 is 5.41. The van der Waals surface area contributed by atoms with E-state index in [2.05, 4.69) is 13.8 Å². The average molecular weight is 244 g/mol. The second-order valence-electron chi connectivity index (χ2n) is 5.02. The van der Waals surface area contributed by atoms with Crippen LogP contribution >= 0.6 is 0 Å². The van der Waals surface area contributed by atoms with Gasteiger partial charge in [0, 0.05) is 0 Å². The van der Waals surface area contributed by atoms with Crippen molar-refractivity contribution in [2.75, 3.05) is 13.2 Å². The van der Waals surface area contributed by atoms with Gasteiger partial charge < -0.3 is 9.84 Å². The number of hydrogen-bond acceptors (Lipinski definition) is 2. The highest BCUT2D eigenvalue weighted by Gasteiger charge is 2.00. The molecule has 0 aromatic heterocycles. The van der Waals surface area contributed by atoms with E-state index in [0.29, 0.717) is 12.7 Å². The summed E-state index contributed by atoms with van der Waals surface area (Å²) in [6.07, 6.45) is 13.8. The lowest BCUT2D eigenvalue weighted by molar-refractivity contribution is 0.0333. The summed E-state index contributed by atoms with van der Waals surface area (Å²) in [5.41, 5.74) is 0. The smallest absolute Gasteiger partial charge is 0.0701 e. The predicted molar refractivity (Wildman–Crippen MR) is 74.3 cm³/mol. The summed E-state index contributed by atoms with van der Waals surface area (Å²) in [7, 11) is 0. The van der Waals surface area contributed by atoms with Crippen LogP contribution in [0.2, 0.25) is 0 Å². The molecular formula is C15H32O2. The highest BCUT2D eigenvalue weighted by Crippen LogP contribution is 2.12. The largest absolute Gasteiger partial charge is 0.394 e. The van der Waals surface area contributed by atoms with Crippen molar-refractivity contribution in [3.05, 3.63) is 0 Å². The molecule has 2 heteroatoms. The SMILES string of the molecule is CCCCCCCCCCCC(C)OCCO. The third-order valence-corrected chi connectivity index (χ3v) is 3.21. The summed E-state index contributed by atoms with van der Waals surface area (Å²) in [4.78, 5) is 0. The van der Waals surface area contributed by atoms with Gasteiger partial charge in [0.05, 0.1) is 19.3 Å². The zero-order valence-corrected chi connectivity index (χ0v) is 11.9. The number of ether oxygens (including phenoxy) is 1. The van der Waals surface area contributed by atoms with Crippen molar-refractivity contribution in [2.24, 2.45) is 0 Å². The fraction of sp³-hybridized carbons (Fsp3) is 1.00. The monoisotopic (exact) mass is 244 g/mol. The summed E-state index contributed by atoms with van der Waals surface area (Å²) >= 11 is 0. The van der Waals surface area contributed by atoms with Gasteiger partial charge in [0.25, 0.3) is 0 Å². The normalized spacial score (nSPS) is 12.9. The first-order chi connectivity index (χ1) is 8.31. The molecular weight excluding hydrogens is 212 g/mol. The Bertz CT molecular complexity index is 137. The van der Waals surface area contributed by atoms with E-state index in [-0.39, 0.29) is 6.61 Å². The van der Waals surface area contributed by atoms with Gasteiger partial charge in [-0.3, -0.25) is 0 Å². The zero-order valence-electron chi connectivity index (χ0n) is 11.9. The molecule has 104 valence electrons. The number of aliphatic hydroxyl groups excluding tert-OH is 1. The standard InChI is InChI=1S/C15H32O2/c1-3-4-5-6-7-8-9-10-11-12-15(2)17-14-13-16/h15-16H,3-14H2,1-2H3. The Morgan fingerprint density at radius 2 is 1.41 bits per heavy atom. The van der Waals surface area contributed by atoms with Gasteiger partial charge in [0.1, 0.15) is 0 Å². The minimum atomic E-state index is 0.141. The lowest BCUT2D eigenvalue weighted by Gasteiger charge is -2.11.